The molecule has 0 spiro atoms. The summed E-state index contributed by atoms with van der Waals surface area (Å²) in [5, 5.41) is 2.60. The third kappa shape index (κ3) is 2.82. The second-order valence-corrected chi connectivity index (χ2v) is 4.96. The first-order valence-corrected chi connectivity index (χ1v) is 7.13. The Bertz CT molecular complexity index is 873. The van der Waals surface area contributed by atoms with Gasteiger partial charge in [-0.15, -0.1) is 0 Å². The van der Waals surface area contributed by atoms with Crippen molar-refractivity contribution >= 4 is 22.8 Å². The highest BCUT2D eigenvalue weighted by Gasteiger charge is 2.11. The molecule has 3 aromatic rings. The predicted molar refractivity (Wildman–Crippen MR) is 90.5 cm³/mol. The maximum Gasteiger partial charge on any atom is 0.333 e. The molecule has 8 nitrogen and oxygen atoms in total. The second kappa shape index (κ2) is 6.47. The second-order valence-electron chi connectivity index (χ2n) is 4.96. The minimum Gasteiger partial charge on any atom is -0.493 e. The molecular weight excluding hydrogens is 310 g/mol. The zero-order valence-electron chi connectivity index (χ0n) is 13.2. The Morgan fingerprint density at radius 3 is 2.42 bits per heavy atom. The number of nitrogens with one attached hydrogen (secondary N) is 2. The lowest BCUT2D eigenvalue weighted by Gasteiger charge is -2.10. The number of amides is 2. The summed E-state index contributed by atoms with van der Waals surface area (Å²) >= 11 is 0. The van der Waals surface area contributed by atoms with E-state index >= 15 is 0 Å². The van der Waals surface area contributed by atoms with Crippen LogP contribution < -0.4 is 26.1 Å². The summed E-state index contributed by atoms with van der Waals surface area (Å²) in [5.74, 6) is 6.30. The smallest absolute Gasteiger partial charge is 0.333 e. The van der Waals surface area contributed by atoms with Crippen molar-refractivity contribution in [1.29, 1.82) is 0 Å². The average Bonchev–Trinajstić information content (AvgIpc) is 3.03. The highest BCUT2D eigenvalue weighted by molar-refractivity contribution is 5.89. The van der Waals surface area contributed by atoms with E-state index in [0.717, 1.165) is 16.7 Å². The fourth-order valence-corrected chi connectivity index (χ4v) is 2.41. The molecule has 0 aliphatic carbocycles. The first kappa shape index (κ1) is 15.6. The van der Waals surface area contributed by atoms with Gasteiger partial charge in [-0.05, 0) is 24.3 Å². The molecule has 124 valence electrons. The number of aromatic nitrogens is 2. The first-order chi connectivity index (χ1) is 11.7. The average molecular weight is 327 g/mol. The number of hydrazine groups is 1. The van der Waals surface area contributed by atoms with E-state index in [1.807, 2.05) is 34.3 Å². The number of hydrogen-bond acceptors (Lipinski definition) is 5. The van der Waals surface area contributed by atoms with Gasteiger partial charge in [-0.25, -0.2) is 15.6 Å². The van der Waals surface area contributed by atoms with Crippen molar-refractivity contribution in [2.75, 3.05) is 19.5 Å². The van der Waals surface area contributed by atoms with E-state index in [4.69, 9.17) is 15.3 Å². The maximum absolute atomic E-state index is 11.2. The molecule has 0 unspecified atom stereocenters. The molecule has 0 aliphatic heterocycles. The lowest BCUT2D eigenvalue weighted by molar-refractivity contribution is 0.252. The number of methoxy groups -OCH3 is 2. The van der Waals surface area contributed by atoms with Crippen molar-refractivity contribution in [3.8, 4) is 17.2 Å². The molecule has 2 aromatic carbocycles. The number of benzene rings is 2. The van der Waals surface area contributed by atoms with E-state index in [2.05, 4.69) is 10.3 Å². The number of ether oxygens (including phenoxy) is 2. The summed E-state index contributed by atoms with van der Waals surface area (Å²) in [4.78, 5) is 15.6. The summed E-state index contributed by atoms with van der Waals surface area (Å²) < 4.78 is 12.6. The lowest BCUT2D eigenvalue weighted by Crippen LogP contribution is -2.34. The van der Waals surface area contributed by atoms with Gasteiger partial charge < -0.3 is 14.8 Å². The monoisotopic (exact) mass is 327 g/mol. The Kier molecular flexibility index (Phi) is 4.21. The van der Waals surface area contributed by atoms with E-state index in [1.165, 1.54) is 0 Å². The van der Waals surface area contributed by atoms with Crippen molar-refractivity contribution in [3.63, 3.8) is 0 Å². The van der Waals surface area contributed by atoms with Gasteiger partial charge in [0.25, 0.3) is 0 Å². The van der Waals surface area contributed by atoms with Gasteiger partial charge in [0.15, 0.2) is 11.5 Å². The number of carbonyl (C=O) groups excluding carboxylic acids is 1. The third-order valence-corrected chi connectivity index (χ3v) is 3.59. The highest BCUT2D eigenvalue weighted by Crippen LogP contribution is 2.32. The van der Waals surface area contributed by atoms with Gasteiger partial charge in [0, 0.05) is 23.5 Å². The summed E-state index contributed by atoms with van der Waals surface area (Å²) in [6.45, 7) is 0. The fraction of sp³-hybridized carbons (Fsp3) is 0.125. The summed E-state index contributed by atoms with van der Waals surface area (Å²) in [6, 6.07) is 10.5. The van der Waals surface area contributed by atoms with Gasteiger partial charge in [0.1, 0.15) is 6.33 Å². The molecule has 0 bridgehead atoms. The van der Waals surface area contributed by atoms with E-state index in [9.17, 15) is 4.79 Å². The van der Waals surface area contributed by atoms with Crippen LogP contribution >= 0.6 is 0 Å². The minimum atomic E-state index is -0.479. The normalized spacial score (nSPS) is 10.5. The van der Waals surface area contributed by atoms with Crippen LogP contribution in [0, 0.1) is 0 Å². The van der Waals surface area contributed by atoms with E-state index in [-0.39, 0.29) is 0 Å². The molecule has 0 aliphatic rings. The maximum atomic E-state index is 11.2. The number of imidazole rings is 1. The molecule has 3 rings (SSSR count). The van der Waals surface area contributed by atoms with Gasteiger partial charge in [-0.1, -0.05) is 0 Å². The van der Waals surface area contributed by atoms with E-state index < -0.39 is 6.03 Å². The molecular formula is C16H17N5O3. The Labute approximate surface area is 138 Å². The number of rotatable bonds is 4. The van der Waals surface area contributed by atoms with Crippen molar-refractivity contribution < 1.29 is 14.3 Å². The molecule has 24 heavy (non-hydrogen) atoms. The zero-order chi connectivity index (χ0) is 17.1. The number of anilines is 1. The molecule has 2 amide bonds. The van der Waals surface area contributed by atoms with Gasteiger partial charge in [-0.2, -0.15) is 0 Å². The largest absolute Gasteiger partial charge is 0.493 e. The molecule has 0 fully saturated rings. The number of nitrogens with two attached hydrogens (primary N) is 1. The number of carbonyl (C=O) groups is 1. The van der Waals surface area contributed by atoms with Crippen LogP contribution in [0.15, 0.2) is 42.7 Å². The quantitative estimate of drug-likeness (QED) is 0.386. The molecule has 0 radical (unpaired) electrons. The molecule has 1 heterocycles. The van der Waals surface area contributed by atoms with Gasteiger partial charge in [-0.3, -0.25) is 9.99 Å². The molecule has 0 atom stereocenters. The molecule has 0 saturated carbocycles. The van der Waals surface area contributed by atoms with Gasteiger partial charge in [0.05, 0.1) is 25.3 Å². The van der Waals surface area contributed by atoms with E-state index in [0.29, 0.717) is 17.2 Å². The predicted octanol–water partition coefficient (Wildman–Crippen LogP) is 2.04. The summed E-state index contributed by atoms with van der Waals surface area (Å²) in [5.41, 5.74) is 5.21. The summed E-state index contributed by atoms with van der Waals surface area (Å²) in [7, 11) is 3.18. The van der Waals surface area contributed by atoms with Crippen LogP contribution in [0.2, 0.25) is 0 Å². The van der Waals surface area contributed by atoms with Crippen LogP contribution in [0.4, 0.5) is 10.5 Å². The van der Waals surface area contributed by atoms with Crippen molar-refractivity contribution in [1.82, 2.24) is 15.0 Å². The molecule has 4 N–H and O–H groups in total. The Balaban J connectivity index is 1.98. The van der Waals surface area contributed by atoms with Crippen LogP contribution in [0.5, 0.6) is 11.5 Å². The van der Waals surface area contributed by atoms with Crippen molar-refractivity contribution in [2.24, 2.45) is 5.84 Å². The number of urea groups is 1. The minimum absolute atomic E-state index is 0.479. The fourth-order valence-electron chi connectivity index (χ4n) is 2.41. The first-order valence-electron chi connectivity index (χ1n) is 7.13. The molecule has 0 saturated heterocycles. The highest BCUT2D eigenvalue weighted by atomic mass is 16.5. The van der Waals surface area contributed by atoms with Crippen molar-refractivity contribution in [2.45, 2.75) is 0 Å². The van der Waals surface area contributed by atoms with Crippen LogP contribution in [0.1, 0.15) is 0 Å². The lowest BCUT2D eigenvalue weighted by atomic mass is 10.2. The van der Waals surface area contributed by atoms with Crippen molar-refractivity contribution in [3.05, 3.63) is 42.7 Å². The molecule has 8 heteroatoms. The standard InChI is InChI=1S/C16H17N5O3/c1-23-14-7-12-13(8-15(14)24-2)21(9-18-12)11-5-3-10(4-6-11)19-16(22)20-17/h3-9H,17H2,1-2H3,(H2,19,20,22). The van der Waals surface area contributed by atoms with Crippen LogP contribution in [-0.2, 0) is 0 Å². The molecule has 1 aromatic heterocycles. The third-order valence-electron chi connectivity index (χ3n) is 3.59. The van der Waals surface area contributed by atoms with E-state index in [1.54, 1.807) is 32.7 Å². The van der Waals surface area contributed by atoms with Gasteiger partial charge in [0.2, 0.25) is 0 Å². The van der Waals surface area contributed by atoms with Gasteiger partial charge >= 0.3 is 6.03 Å². The zero-order valence-corrected chi connectivity index (χ0v) is 13.2. The Hall–Kier alpha value is -3.26. The summed E-state index contributed by atoms with van der Waals surface area (Å²) in [6.07, 6.45) is 1.72. The number of hydrogen-bond donors (Lipinski definition) is 3. The van der Waals surface area contributed by atoms with Crippen LogP contribution in [0.25, 0.3) is 16.7 Å². The number of fused-ring (bicyclic) bond motifs is 1. The van der Waals surface area contributed by atoms with Crippen LogP contribution in [0.3, 0.4) is 0 Å². The topological polar surface area (TPSA) is 103 Å². The number of nitrogens with zero attached hydrogens (tertiary/aromatic N) is 2. The van der Waals surface area contributed by atoms with Crippen LogP contribution in [-0.4, -0.2) is 29.8 Å². The Morgan fingerprint density at radius 1 is 1.12 bits per heavy atom. The Morgan fingerprint density at radius 2 is 1.79 bits per heavy atom. The SMILES string of the molecule is COc1cc2ncn(-c3ccc(NC(=O)NN)cc3)c2cc1OC.